The van der Waals surface area contributed by atoms with Crippen LogP contribution >= 0.6 is 0 Å². The molecule has 1 saturated carbocycles. The summed E-state index contributed by atoms with van der Waals surface area (Å²) in [6, 6.07) is 0.259. The normalized spacial score (nSPS) is 21.4. The predicted molar refractivity (Wildman–Crippen MR) is 119 cm³/mol. The van der Waals surface area contributed by atoms with E-state index in [1.54, 1.807) is 11.6 Å². The van der Waals surface area contributed by atoms with E-state index in [-0.39, 0.29) is 29.1 Å². The number of hydrogen-bond acceptors (Lipinski definition) is 6. The van der Waals surface area contributed by atoms with Crippen LogP contribution in [0.5, 0.6) is 0 Å². The minimum Gasteiger partial charge on any atom is -0.339 e. The van der Waals surface area contributed by atoms with Crippen LogP contribution in [0.15, 0.2) is 22.3 Å². The Bertz CT molecular complexity index is 1300. The second-order valence-electron chi connectivity index (χ2n) is 9.05. The number of hydrogen-bond donors (Lipinski definition) is 1. The zero-order valence-electron chi connectivity index (χ0n) is 18.5. The zero-order valence-corrected chi connectivity index (χ0v) is 19.3. The van der Waals surface area contributed by atoms with Crippen LogP contribution in [0.3, 0.4) is 0 Å². The standard InChI is InChI=1S/C21H29N7O3S/c1-14-18-20(28(25-14)16-8-4-3-5-9-16)23-19(24-21(18)29)15-7-6-10-27(11-15)32(30,31)17-12-26(2)13-22-17/h12-13,15-16H,3-11H2,1-2H3,(H,23,24,29). The first kappa shape index (κ1) is 21.3. The van der Waals surface area contributed by atoms with Gasteiger partial charge in [-0.25, -0.2) is 23.1 Å². The van der Waals surface area contributed by atoms with Crippen molar-refractivity contribution in [2.24, 2.45) is 7.05 Å². The first-order valence-corrected chi connectivity index (χ1v) is 12.8. The lowest BCUT2D eigenvalue weighted by molar-refractivity contribution is 0.307. The van der Waals surface area contributed by atoms with Crippen molar-refractivity contribution in [3.63, 3.8) is 0 Å². The van der Waals surface area contributed by atoms with Crippen LogP contribution in [0.25, 0.3) is 11.0 Å². The minimum absolute atomic E-state index is 0.0450. The van der Waals surface area contributed by atoms with E-state index in [1.807, 2.05) is 11.6 Å². The molecule has 3 aromatic rings. The van der Waals surface area contributed by atoms with E-state index in [9.17, 15) is 13.2 Å². The molecule has 1 aliphatic heterocycles. The average molecular weight is 460 g/mol. The molecular formula is C21H29N7O3S. The number of fused-ring (bicyclic) bond motifs is 1. The number of nitrogens with one attached hydrogen (secondary N) is 1. The number of aromatic amines is 1. The summed E-state index contributed by atoms with van der Waals surface area (Å²) in [5.41, 5.74) is 1.11. The third kappa shape index (κ3) is 3.66. The average Bonchev–Trinajstić information content (AvgIpc) is 3.38. The Morgan fingerprint density at radius 2 is 1.91 bits per heavy atom. The van der Waals surface area contributed by atoms with Crippen molar-refractivity contribution < 1.29 is 8.42 Å². The number of H-pyrrole nitrogens is 1. The fourth-order valence-corrected chi connectivity index (χ4v) is 6.53. The molecular weight excluding hydrogens is 430 g/mol. The Kier molecular flexibility index (Phi) is 5.40. The molecule has 2 aliphatic rings. The Labute approximate surface area is 186 Å². The number of piperidine rings is 1. The fraction of sp³-hybridized carbons (Fsp3) is 0.619. The van der Waals surface area contributed by atoms with Crippen LogP contribution in [-0.4, -0.2) is 55.1 Å². The number of nitrogens with zero attached hydrogens (tertiary/aromatic N) is 6. The van der Waals surface area contributed by atoms with Gasteiger partial charge >= 0.3 is 0 Å². The molecule has 0 spiro atoms. The number of sulfonamides is 1. The van der Waals surface area contributed by atoms with Gasteiger partial charge in [-0.2, -0.15) is 9.40 Å². The lowest BCUT2D eigenvalue weighted by Gasteiger charge is -2.30. The van der Waals surface area contributed by atoms with Gasteiger partial charge < -0.3 is 9.55 Å². The Morgan fingerprint density at radius 1 is 1.12 bits per heavy atom. The lowest BCUT2D eigenvalue weighted by Crippen LogP contribution is -2.40. The minimum atomic E-state index is -3.69. The van der Waals surface area contributed by atoms with E-state index >= 15 is 0 Å². The van der Waals surface area contributed by atoms with Crippen LogP contribution in [0.2, 0.25) is 0 Å². The van der Waals surface area contributed by atoms with E-state index in [2.05, 4.69) is 15.1 Å². The summed E-state index contributed by atoms with van der Waals surface area (Å²) >= 11 is 0. The Balaban J connectivity index is 1.49. The molecule has 32 heavy (non-hydrogen) atoms. The van der Waals surface area contributed by atoms with Gasteiger partial charge in [0.25, 0.3) is 15.6 Å². The van der Waals surface area contributed by atoms with Crippen molar-refractivity contribution in [3.05, 3.63) is 34.4 Å². The summed E-state index contributed by atoms with van der Waals surface area (Å²) in [6.07, 6.45) is 10.1. The first-order valence-electron chi connectivity index (χ1n) is 11.3. The Morgan fingerprint density at radius 3 is 2.62 bits per heavy atom. The van der Waals surface area contributed by atoms with Crippen molar-refractivity contribution in [1.29, 1.82) is 0 Å². The van der Waals surface area contributed by atoms with Gasteiger partial charge in [-0.05, 0) is 32.6 Å². The van der Waals surface area contributed by atoms with Gasteiger partial charge in [-0.15, -0.1) is 0 Å². The highest BCUT2D eigenvalue weighted by Gasteiger charge is 2.34. The molecule has 3 aromatic heterocycles. The maximum absolute atomic E-state index is 13.1. The van der Waals surface area contributed by atoms with E-state index in [4.69, 9.17) is 4.98 Å². The van der Waals surface area contributed by atoms with Crippen molar-refractivity contribution >= 4 is 21.1 Å². The number of imidazole rings is 1. The molecule has 5 rings (SSSR count). The molecule has 0 radical (unpaired) electrons. The monoisotopic (exact) mass is 459 g/mol. The third-order valence-corrected chi connectivity index (χ3v) is 8.48. The quantitative estimate of drug-likeness (QED) is 0.639. The molecule has 10 nitrogen and oxygen atoms in total. The molecule has 2 fully saturated rings. The molecule has 1 atom stereocenters. The van der Waals surface area contributed by atoms with Gasteiger partial charge in [0, 0.05) is 32.3 Å². The first-order chi connectivity index (χ1) is 15.3. The molecule has 11 heteroatoms. The molecule has 4 heterocycles. The van der Waals surface area contributed by atoms with E-state index < -0.39 is 10.0 Å². The van der Waals surface area contributed by atoms with Gasteiger partial charge in [0.15, 0.2) is 10.7 Å². The largest absolute Gasteiger partial charge is 0.339 e. The predicted octanol–water partition coefficient (Wildman–Crippen LogP) is 2.24. The van der Waals surface area contributed by atoms with Gasteiger partial charge in [0.05, 0.1) is 18.1 Å². The fourth-order valence-electron chi connectivity index (χ4n) is 5.04. The highest BCUT2D eigenvalue weighted by Crippen LogP contribution is 2.32. The Hall–Kier alpha value is -2.53. The number of aromatic nitrogens is 6. The molecule has 0 aromatic carbocycles. The summed E-state index contributed by atoms with van der Waals surface area (Å²) in [5.74, 6) is 0.356. The van der Waals surface area contributed by atoms with Crippen LogP contribution in [0.4, 0.5) is 0 Å². The van der Waals surface area contributed by atoms with Gasteiger partial charge in [0.1, 0.15) is 11.2 Å². The third-order valence-electron chi connectivity index (χ3n) is 6.73. The van der Waals surface area contributed by atoms with E-state index in [0.717, 1.165) is 32.1 Å². The molecule has 0 bridgehead atoms. The molecule has 172 valence electrons. The highest BCUT2D eigenvalue weighted by molar-refractivity contribution is 7.89. The highest BCUT2D eigenvalue weighted by atomic mass is 32.2. The lowest BCUT2D eigenvalue weighted by atomic mass is 9.95. The summed E-state index contributed by atoms with van der Waals surface area (Å²) in [5, 5.41) is 5.25. The van der Waals surface area contributed by atoms with Crippen molar-refractivity contribution in [2.75, 3.05) is 13.1 Å². The summed E-state index contributed by atoms with van der Waals surface area (Å²) in [7, 11) is -1.95. The molecule has 1 aliphatic carbocycles. The molecule has 1 saturated heterocycles. The smallest absolute Gasteiger partial charge is 0.262 e. The van der Waals surface area contributed by atoms with Gasteiger partial charge in [0.2, 0.25) is 0 Å². The van der Waals surface area contributed by atoms with E-state index in [1.165, 1.54) is 23.3 Å². The number of aryl methyl sites for hydroxylation is 2. The summed E-state index contributed by atoms with van der Waals surface area (Å²) < 4.78 is 31.1. The van der Waals surface area contributed by atoms with Crippen molar-refractivity contribution in [3.8, 4) is 0 Å². The van der Waals surface area contributed by atoms with Crippen LogP contribution in [-0.2, 0) is 17.1 Å². The molecule has 1 N–H and O–H groups in total. The van der Waals surface area contributed by atoms with Gasteiger partial charge in [-0.3, -0.25) is 4.79 Å². The van der Waals surface area contributed by atoms with Crippen LogP contribution in [0.1, 0.15) is 68.4 Å². The zero-order chi connectivity index (χ0) is 22.5. The second-order valence-corrected chi connectivity index (χ2v) is 10.9. The van der Waals surface area contributed by atoms with E-state index in [0.29, 0.717) is 35.5 Å². The SMILES string of the molecule is Cc1nn(C2CCCCC2)c2nc(C3CCCN(S(=O)(=O)c4cn(C)cn4)C3)[nH]c(=O)c12. The number of rotatable bonds is 4. The summed E-state index contributed by atoms with van der Waals surface area (Å²) in [4.78, 5) is 24.8. The molecule has 1 unspecified atom stereocenters. The van der Waals surface area contributed by atoms with Crippen molar-refractivity contribution in [1.82, 2.24) is 33.6 Å². The second kappa shape index (κ2) is 8.11. The maximum atomic E-state index is 13.1. The van der Waals surface area contributed by atoms with Crippen LogP contribution in [0, 0.1) is 6.92 Å². The topological polar surface area (TPSA) is 119 Å². The summed E-state index contributed by atoms with van der Waals surface area (Å²) in [6.45, 7) is 2.55. The van der Waals surface area contributed by atoms with Crippen molar-refractivity contribution in [2.45, 2.75) is 68.9 Å². The van der Waals surface area contributed by atoms with Crippen LogP contribution < -0.4 is 5.56 Å². The molecule has 0 amide bonds. The maximum Gasteiger partial charge on any atom is 0.262 e. The van der Waals surface area contributed by atoms with Gasteiger partial charge in [-0.1, -0.05) is 19.3 Å².